The minimum absolute atomic E-state index is 0.988. The molecule has 1 N–H and O–H groups in total. The molecule has 0 fully saturated rings. The van der Waals surface area contributed by atoms with E-state index < -0.39 is 0 Å². The van der Waals surface area contributed by atoms with E-state index in [9.17, 15) is 0 Å². The SMILES string of the molecule is CCCNCc1ccc(N(CCC)CCC)cc1C. The first-order valence-electron chi connectivity index (χ1n) is 7.78. The van der Waals surface area contributed by atoms with E-state index in [0.717, 1.165) is 26.2 Å². The van der Waals surface area contributed by atoms with Crippen molar-refractivity contribution in [2.75, 3.05) is 24.5 Å². The van der Waals surface area contributed by atoms with Gasteiger partial charge in [-0.05, 0) is 56.0 Å². The van der Waals surface area contributed by atoms with Crippen molar-refractivity contribution < 1.29 is 0 Å². The third-order valence-corrected chi connectivity index (χ3v) is 3.42. The van der Waals surface area contributed by atoms with Gasteiger partial charge in [-0.15, -0.1) is 0 Å². The zero-order valence-electron chi connectivity index (χ0n) is 13.1. The molecule has 0 aliphatic rings. The van der Waals surface area contributed by atoms with Crippen molar-refractivity contribution >= 4 is 5.69 Å². The quantitative estimate of drug-likeness (QED) is 0.673. The number of rotatable bonds is 9. The van der Waals surface area contributed by atoms with Crippen molar-refractivity contribution in [1.29, 1.82) is 0 Å². The lowest BCUT2D eigenvalue weighted by Gasteiger charge is -2.24. The Bertz CT molecular complexity index is 354. The molecule has 0 aromatic heterocycles. The van der Waals surface area contributed by atoms with Crippen molar-refractivity contribution in [3.05, 3.63) is 29.3 Å². The lowest BCUT2D eigenvalue weighted by atomic mass is 10.1. The molecule has 2 heteroatoms. The Morgan fingerprint density at radius 1 is 1.00 bits per heavy atom. The van der Waals surface area contributed by atoms with Gasteiger partial charge in [0.1, 0.15) is 0 Å². The highest BCUT2D eigenvalue weighted by molar-refractivity contribution is 5.50. The number of nitrogens with one attached hydrogen (secondary N) is 1. The minimum atomic E-state index is 0.988. The summed E-state index contributed by atoms with van der Waals surface area (Å²) in [7, 11) is 0. The summed E-state index contributed by atoms with van der Waals surface area (Å²) in [5.74, 6) is 0. The second kappa shape index (κ2) is 8.98. The summed E-state index contributed by atoms with van der Waals surface area (Å²) in [6.07, 6.45) is 3.61. The Labute approximate surface area is 119 Å². The molecule has 1 rings (SSSR count). The molecule has 1 aromatic carbocycles. The highest BCUT2D eigenvalue weighted by Crippen LogP contribution is 2.20. The summed E-state index contributed by atoms with van der Waals surface area (Å²) >= 11 is 0. The van der Waals surface area contributed by atoms with Gasteiger partial charge in [0.15, 0.2) is 0 Å². The third-order valence-electron chi connectivity index (χ3n) is 3.42. The molecule has 0 amide bonds. The molecule has 0 atom stereocenters. The van der Waals surface area contributed by atoms with Gasteiger partial charge in [-0.2, -0.15) is 0 Å². The molecular weight excluding hydrogens is 232 g/mol. The first-order chi connectivity index (χ1) is 9.22. The highest BCUT2D eigenvalue weighted by atomic mass is 15.1. The number of nitrogens with zero attached hydrogens (tertiary/aromatic N) is 1. The molecule has 0 aliphatic carbocycles. The Morgan fingerprint density at radius 2 is 1.68 bits per heavy atom. The van der Waals surface area contributed by atoms with Crippen LogP contribution < -0.4 is 10.2 Å². The van der Waals surface area contributed by atoms with Gasteiger partial charge in [-0.25, -0.2) is 0 Å². The predicted octanol–water partition coefficient (Wildman–Crippen LogP) is 4.12. The summed E-state index contributed by atoms with van der Waals surface area (Å²) in [4.78, 5) is 2.50. The van der Waals surface area contributed by atoms with Gasteiger partial charge in [0.05, 0.1) is 0 Å². The molecule has 0 heterocycles. The van der Waals surface area contributed by atoms with Gasteiger partial charge in [-0.3, -0.25) is 0 Å². The molecule has 108 valence electrons. The van der Waals surface area contributed by atoms with Crippen LogP contribution in [0.5, 0.6) is 0 Å². The molecule has 1 aromatic rings. The summed E-state index contributed by atoms with van der Waals surface area (Å²) < 4.78 is 0. The van der Waals surface area contributed by atoms with Crippen LogP contribution in [-0.2, 0) is 6.54 Å². The molecule has 0 spiro atoms. The number of hydrogen-bond acceptors (Lipinski definition) is 2. The molecule has 19 heavy (non-hydrogen) atoms. The van der Waals surface area contributed by atoms with Crippen LogP contribution in [0.15, 0.2) is 18.2 Å². The minimum Gasteiger partial charge on any atom is -0.372 e. The van der Waals surface area contributed by atoms with Crippen molar-refractivity contribution in [2.45, 2.75) is 53.5 Å². The van der Waals surface area contributed by atoms with Gasteiger partial charge in [0, 0.05) is 25.3 Å². The van der Waals surface area contributed by atoms with E-state index in [0.29, 0.717) is 0 Å². The summed E-state index contributed by atoms with van der Waals surface area (Å²) in [6, 6.07) is 6.90. The highest BCUT2D eigenvalue weighted by Gasteiger charge is 2.06. The van der Waals surface area contributed by atoms with Crippen LogP contribution in [0.3, 0.4) is 0 Å². The number of hydrogen-bond donors (Lipinski definition) is 1. The summed E-state index contributed by atoms with van der Waals surface area (Å²) in [5.41, 5.74) is 4.20. The largest absolute Gasteiger partial charge is 0.372 e. The molecule has 0 aliphatic heterocycles. The predicted molar refractivity (Wildman–Crippen MR) is 86.0 cm³/mol. The Balaban J connectivity index is 2.73. The van der Waals surface area contributed by atoms with Crippen LogP contribution in [0.2, 0.25) is 0 Å². The smallest absolute Gasteiger partial charge is 0.0369 e. The van der Waals surface area contributed by atoms with Crippen LogP contribution >= 0.6 is 0 Å². The fourth-order valence-corrected chi connectivity index (χ4v) is 2.38. The topological polar surface area (TPSA) is 15.3 Å². The second-order valence-electron chi connectivity index (χ2n) is 5.27. The fraction of sp³-hybridized carbons (Fsp3) is 0.647. The van der Waals surface area contributed by atoms with Crippen molar-refractivity contribution in [3.8, 4) is 0 Å². The summed E-state index contributed by atoms with van der Waals surface area (Å²) in [6.45, 7) is 13.3. The van der Waals surface area contributed by atoms with E-state index >= 15 is 0 Å². The first-order valence-corrected chi connectivity index (χ1v) is 7.78. The molecular formula is C17H30N2. The zero-order chi connectivity index (χ0) is 14.1. The summed E-state index contributed by atoms with van der Waals surface area (Å²) in [5, 5.41) is 3.48. The standard InChI is InChI=1S/C17H30N2/c1-5-10-18-14-16-8-9-17(13-15(16)4)19(11-6-2)12-7-3/h8-9,13,18H,5-7,10-12,14H2,1-4H3. The van der Waals surface area contributed by atoms with E-state index in [1.165, 1.54) is 36.1 Å². The lowest BCUT2D eigenvalue weighted by Crippen LogP contribution is -2.25. The lowest BCUT2D eigenvalue weighted by molar-refractivity contribution is 0.673. The second-order valence-corrected chi connectivity index (χ2v) is 5.27. The number of anilines is 1. The van der Waals surface area contributed by atoms with Crippen LogP contribution in [-0.4, -0.2) is 19.6 Å². The molecule has 2 nitrogen and oxygen atoms in total. The maximum atomic E-state index is 3.48. The van der Waals surface area contributed by atoms with Crippen LogP contribution in [0.1, 0.15) is 51.2 Å². The fourth-order valence-electron chi connectivity index (χ4n) is 2.38. The van der Waals surface area contributed by atoms with E-state index in [1.807, 2.05) is 0 Å². The van der Waals surface area contributed by atoms with Crippen molar-refractivity contribution in [1.82, 2.24) is 5.32 Å². The van der Waals surface area contributed by atoms with Gasteiger partial charge in [0.25, 0.3) is 0 Å². The van der Waals surface area contributed by atoms with E-state index in [4.69, 9.17) is 0 Å². The average molecular weight is 262 g/mol. The molecule has 0 bridgehead atoms. The van der Waals surface area contributed by atoms with Crippen LogP contribution in [0, 0.1) is 6.92 Å². The number of aryl methyl sites for hydroxylation is 1. The van der Waals surface area contributed by atoms with Crippen molar-refractivity contribution in [3.63, 3.8) is 0 Å². The molecule has 0 unspecified atom stereocenters. The Morgan fingerprint density at radius 3 is 2.21 bits per heavy atom. The van der Waals surface area contributed by atoms with Gasteiger partial charge in [-0.1, -0.05) is 26.8 Å². The molecule has 0 saturated carbocycles. The van der Waals surface area contributed by atoms with Crippen molar-refractivity contribution in [2.24, 2.45) is 0 Å². The normalized spacial score (nSPS) is 10.7. The maximum Gasteiger partial charge on any atom is 0.0369 e. The maximum absolute atomic E-state index is 3.48. The zero-order valence-corrected chi connectivity index (χ0v) is 13.1. The van der Waals surface area contributed by atoms with Gasteiger partial charge in [0.2, 0.25) is 0 Å². The number of benzene rings is 1. The van der Waals surface area contributed by atoms with Crippen LogP contribution in [0.25, 0.3) is 0 Å². The van der Waals surface area contributed by atoms with Gasteiger partial charge >= 0.3 is 0 Å². The van der Waals surface area contributed by atoms with E-state index in [-0.39, 0.29) is 0 Å². The monoisotopic (exact) mass is 262 g/mol. The third kappa shape index (κ3) is 5.23. The first kappa shape index (κ1) is 16.0. The molecule has 0 radical (unpaired) electrons. The van der Waals surface area contributed by atoms with Gasteiger partial charge < -0.3 is 10.2 Å². The Kier molecular flexibility index (Phi) is 7.57. The average Bonchev–Trinajstić information content (AvgIpc) is 2.40. The molecule has 0 saturated heterocycles. The van der Waals surface area contributed by atoms with E-state index in [2.05, 4.69) is 56.1 Å². The van der Waals surface area contributed by atoms with Crippen LogP contribution in [0.4, 0.5) is 5.69 Å². The Hall–Kier alpha value is -1.02. The van der Waals surface area contributed by atoms with E-state index in [1.54, 1.807) is 0 Å².